The Kier molecular flexibility index (Phi) is 8.83. The van der Waals surface area contributed by atoms with Gasteiger partial charge in [0.05, 0.1) is 33.2 Å². The zero-order valence-electron chi connectivity index (χ0n) is 23.5. The number of ether oxygens (including phenoxy) is 1. The number of rotatable bonds is 8. The summed E-state index contributed by atoms with van der Waals surface area (Å²) < 4.78 is 57.7. The lowest BCUT2D eigenvalue weighted by atomic mass is 10.1. The molecule has 0 bridgehead atoms. The van der Waals surface area contributed by atoms with Crippen LogP contribution >= 0.6 is 11.3 Å². The second-order valence-electron chi connectivity index (χ2n) is 9.89. The maximum atomic E-state index is 13.9. The van der Waals surface area contributed by atoms with E-state index in [1.807, 2.05) is 30.3 Å². The van der Waals surface area contributed by atoms with Crippen molar-refractivity contribution in [3.63, 3.8) is 0 Å². The fourth-order valence-corrected chi connectivity index (χ4v) is 7.78. The minimum atomic E-state index is -3.85. The normalized spacial score (nSPS) is 14.5. The quantitative estimate of drug-likeness (QED) is 0.282. The summed E-state index contributed by atoms with van der Waals surface area (Å²) in [6, 6.07) is 19.7. The molecule has 11 nitrogen and oxygen atoms in total. The topological polar surface area (TPSA) is 134 Å². The van der Waals surface area contributed by atoms with Crippen molar-refractivity contribution in [2.24, 2.45) is 0 Å². The van der Waals surface area contributed by atoms with Gasteiger partial charge in [0.1, 0.15) is 0 Å². The van der Waals surface area contributed by atoms with Gasteiger partial charge in [0.2, 0.25) is 10.0 Å². The van der Waals surface area contributed by atoms with Crippen LogP contribution in [0, 0.1) is 0 Å². The third-order valence-corrected chi connectivity index (χ3v) is 11.0. The lowest BCUT2D eigenvalue weighted by Crippen LogP contribution is -2.50. The summed E-state index contributed by atoms with van der Waals surface area (Å²) in [6.45, 7) is 2.85. The van der Waals surface area contributed by atoms with E-state index < -0.39 is 31.9 Å². The molecule has 1 saturated heterocycles. The molecule has 2 heterocycles. The molecule has 3 aromatic carbocycles. The smallest absolute Gasteiger partial charge is 0.409 e. The van der Waals surface area contributed by atoms with Gasteiger partial charge in [0.15, 0.2) is 15.0 Å². The van der Waals surface area contributed by atoms with Crippen LogP contribution in [0.15, 0.2) is 82.6 Å². The number of hydrogen-bond donors (Lipinski definition) is 0. The van der Waals surface area contributed by atoms with Crippen LogP contribution in [0.25, 0.3) is 10.2 Å². The molecule has 5 rings (SSSR count). The lowest BCUT2D eigenvalue weighted by Gasteiger charge is -2.33. The van der Waals surface area contributed by atoms with Crippen LogP contribution in [0.4, 0.5) is 9.93 Å². The van der Waals surface area contributed by atoms with Gasteiger partial charge < -0.3 is 9.64 Å². The Morgan fingerprint density at radius 1 is 0.907 bits per heavy atom. The largest absolute Gasteiger partial charge is 0.450 e. The highest BCUT2D eigenvalue weighted by molar-refractivity contribution is 7.90. The molecule has 1 aromatic heterocycles. The third-order valence-electron chi connectivity index (χ3n) is 6.94. The van der Waals surface area contributed by atoms with Crippen LogP contribution in [0.5, 0.6) is 0 Å². The zero-order valence-corrected chi connectivity index (χ0v) is 26.0. The summed E-state index contributed by atoms with van der Waals surface area (Å²) in [7, 11) is -7.27. The van der Waals surface area contributed by atoms with Gasteiger partial charge in [-0.1, -0.05) is 41.7 Å². The van der Waals surface area contributed by atoms with Crippen molar-refractivity contribution >= 4 is 58.5 Å². The van der Waals surface area contributed by atoms with Crippen molar-refractivity contribution in [2.75, 3.05) is 43.9 Å². The molecule has 14 heteroatoms. The first kappa shape index (κ1) is 30.6. The summed E-state index contributed by atoms with van der Waals surface area (Å²) >= 11 is 1.20. The Balaban J connectivity index is 1.40. The molecule has 43 heavy (non-hydrogen) atoms. The molecule has 1 aliphatic rings. The van der Waals surface area contributed by atoms with E-state index in [0.29, 0.717) is 15.3 Å². The van der Waals surface area contributed by atoms with E-state index in [4.69, 9.17) is 4.74 Å². The fourth-order valence-electron chi connectivity index (χ4n) is 4.63. The Bertz CT molecular complexity index is 1850. The molecule has 0 spiro atoms. The molecular weight excluding hydrogens is 613 g/mol. The van der Waals surface area contributed by atoms with Crippen molar-refractivity contribution in [2.45, 2.75) is 23.3 Å². The van der Waals surface area contributed by atoms with E-state index in [-0.39, 0.29) is 54.7 Å². The van der Waals surface area contributed by atoms with Gasteiger partial charge in [-0.25, -0.2) is 26.6 Å². The zero-order chi connectivity index (χ0) is 30.8. The van der Waals surface area contributed by atoms with Gasteiger partial charge in [-0.3, -0.25) is 9.69 Å². The highest BCUT2D eigenvalue weighted by Crippen LogP contribution is 2.32. The Morgan fingerprint density at radius 3 is 2.19 bits per heavy atom. The SMILES string of the molecule is CCOC(=O)N1CCN(S(=O)(=O)c2ccc(C(=O)N(Cc3ccccc3)c3nc4ccc(S(C)(=O)=O)cc4s3)cc2)CC1. The van der Waals surface area contributed by atoms with E-state index >= 15 is 0 Å². The van der Waals surface area contributed by atoms with Crippen LogP contribution in [0.2, 0.25) is 0 Å². The third kappa shape index (κ3) is 6.72. The number of carbonyl (C=O) groups excluding carboxylic acids is 2. The monoisotopic (exact) mass is 642 g/mol. The minimum Gasteiger partial charge on any atom is -0.450 e. The van der Waals surface area contributed by atoms with E-state index in [1.54, 1.807) is 19.1 Å². The molecule has 1 fully saturated rings. The van der Waals surface area contributed by atoms with Crippen LogP contribution in [0.3, 0.4) is 0 Å². The number of amides is 2. The van der Waals surface area contributed by atoms with Crippen molar-refractivity contribution in [3.05, 3.63) is 83.9 Å². The van der Waals surface area contributed by atoms with E-state index in [9.17, 15) is 26.4 Å². The first-order valence-corrected chi connectivity index (χ1v) is 17.6. The number of carbonyl (C=O) groups is 2. The van der Waals surface area contributed by atoms with Crippen molar-refractivity contribution in [3.8, 4) is 0 Å². The van der Waals surface area contributed by atoms with Crippen LogP contribution in [-0.4, -0.2) is 82.1 Å². The number of sulfonamides is 1. The van der Waals surface area contributed by atoms with Gasteiger partial charge in [-0.05, 0) is 55.0 Å². The second kappa shape index (κ2) is 12.4. The molecule has 0 radical (unpaired) electrons. The number of sulfone groups is 1. The average Bonchev–Trinajstić information content (AvgIpc) is 3.43. The first-order valence-electron chi connectivity index (χ1n) is 13.5. The Morgan fingerprint density at radius 2 is 1.56 bits per heavy atom. The van der Waals surface area contributed by atoms with Gasteiger partial charge in [-0.15, -0.1) is 0 Å². The summed E-state index contributed by atoms with van der Waals surface area (Å²) in [5.41, 5.74) is 1.67. The van der Waals surface area contributed by atoms with Crippen LogP contribution in [0.1, 0.15) is 22.8 Å². The number of thiazole rings is 1. The molecule has 1 aliphatic heterocycles. The maximum absolute atomic E-state index is 13.9. The molecule has 0 N–H and O–H groups in total. The van der Waals surface area contributed by atoms with E-state index in [2.05, 4.69) is 4.98 Å². The lowest BCUT2D eigenvalue weighted by molar-refractivity contribution is 0.0933. The molecule has 226 valence electrons. The number of benzene rings is 3. The van der Waals surface area contributed by atoms with Crippen molar-refractivity contribution in [1.29, 1.82) is 0 Å². The van der Waals surface area contributed by atoms with Crippen LogP contribution in [-0.2, 0) is 31.1 Å². The molecule has 0 atom stereocenters. The maximum Gasteiger partial charge on any atom is 0.409 e. The second-order valence-corrected chi connectivity index (χ2v) is 14.9. The molecule has 0 unspecified atom stereocenters. The summed E-state index contributed by atoms with van der Waals surface area (Å²) in [6.07, 6.45) is 0.667. The molecular formula is C29H30N4O7S3. The number of fused-ring (bicyclic) bond motifs is 1. The predicted octanol–water partition coefficient (Wildman–Crippen LogP) is 4.01. The number of nitrogens with zero attached hydrogens (tertiary/aromatic N) is 4. The number of aromatic nitrogens is 1. The fraction of sp³-hybridized carbons (Fsp3) is 0.276. The molecule has 2 amide bonds. The van der Waals surface area contributed by atoms with Crippen molar-refractivity contribution < 1.29 is 31.2 Å². The predicted molar refractivity (Wildman–Crippen MR) is 163 cm³/mol. The van der Waals surface area contributed by atoms with E-state index in [1.165, 1.54) is 55.8 Å². The van der Waals surface area contributed by atoms with Gasteiger partial charge >= 0.3 is 6.09 Å². The number of hydrogen-bond acceptors (Lipinski definition) is 9. The van der Waals surface area contributed by atoms with Gasteiger partial charge in [0, 0.05) is 38.0 Å². The summed E-state index contributed by atoms with van der Waals surface area (Å²) in [5, 5.41) is 0.380. The minimum absolute atomic E-state index is 0.0385. The van der Waals surface area contributed by atoms with Gasteiger partial charge in [0.25, 0.3) is 5.91 Å². The average molecular weight is 643 g/mol. The number of anilines is 1. The molecule has 0 aliphatic carbocycles. The van der Waals surface area contributed by atoms with E-state index in [0.717, 1.165) is 11.8 Å². The highest BCUT2D eigenvalue weighted by Gasteiger charge is 2.31. The standard InChI is InChI=1S/C29H30N4O7S3/c1-3-40-29(35)31-15-17-32(18-16-31)43(38,39)23-11-9-22(10-12-23)27(34)33(20-21-7-5-4-6-8-21)28-30-25-14-13-24(42(2,36)37)19-26(25)41-28/h4-14,19H,3,15-18,20H2,1-2H3. The Hall–Kier alpha value is -3.85. The van der Waals surface area contributed by atoms with Gasteiger partial charge in [-0.2, -0.15) is 4.31 Å². The highest BCUT2D eigenvalue weighted by atomic mass is 32.2. The summed E-state index contributed by atoms with van der Waals surface area (Å²) in [5.74, 6) is -0.391. The van der Waals surface area contributed by atoms with Crippen LogP contribution < -0.4 is 4.90 Å². The molecule has 4 aromatic rings. The summed E-state index contributed by atoms with van der Waals surface area (Å²) in [4.78, 5) is 33.6. The Labute approximate surface area is 254 Å². The first-order chi connectivity index (χ1) is 20.5. The number of piperazine rings is 1. The molecule has 0 saturated carbocycles. The van der Waals surface area contributed by atoms with Crippen molar-refractivity contribution in [1.82, 2.24) is 14.2 Å².